The number of nitrogens with one attached hydrogen (secondary N) is 3. The van der Waals surface area contributed by atoms with Crippen LogP contribution >= 0.6 is 11.9 Å². The zero-order valence-electron chi connectivity index (χ0n) is 30.2. The molecule has 0 bridgehead atoms. The van der Waals surface area contributed by atoms with E-state index in [9.17, 15) is 24.0 Å². The van der Waals surface area contributed by atoms with Crippen molar-refractivity contribution in [3.8, 4) is 0 Å². The Morgan fingerprint density at radius 3 is 1.89 bits per heavy atom. The second-order valence-corrected chi connectivity index (χ2v) is 15.0. The lowest BCUT2D eigenvalue weighted by atomic mass is 9.80. The van der Waals surface area contributed by atoms with Gasteiger partial charge in [0.05, 0.1) is 6.04 Å². The van der Waals surface area contributed by atoms with Gasteiger partial charge in [0.15, 0.2) is 0 Å². The molecular formula is C33H64N6O5S. The molecule has 12 heteroatoms. The van der Waals surface area contributed by atoms with E-state index in [2.05, 4.69) is 29.8 Å². The first-order valence-corrected chi connectivity index (χ1v) is 17.8. The van der Waals surface area contributed by atoms with E-state index in [-0.39, 0.29) is 23.3 Å². The number of nitrogens with zero attached hydrogens (tertiary/aromatic N) is 2. The van der Waals surface area contributed by atoms with Gasteiger partial charge in [0.1, 0.15) is 12.1 Å². The van der Waals surface area contributed by atoms with E-state index in [4.69, 9.17) is 5.73 Å². The summed E-state index contributed by atoms with van der Waals surface area (Å²) in [5, 5.41) is 8.65. The molecule has 2 fully saturated rings. The van der Waals surface area contributed by atoms with Crippen LogP contribution in [-0.2, 0) is 19.2 Å². The van der Waals surface area contributed by atoms with Gasteiger partial charge in [-0.05, 0) is 49.3 Å². The SMILES string of the molecule is CC.CCC.CSN(C)CC(NC(=O)NC(C(=O)N1CCCC1C(=O)NC(CC1CCC1)C(=O)C(N)=O)C(C)(C)C)C(C)(C)C. The van der Waals surface area contributed by atoms with Gasteiger partial charge in [0, 0.05) is 19.1 Å². The van der Waals surface area contributed by atoms with Gasteiger partial charge in [-0.15, -0.1) is 0 Å². The Morgan fingerprint density at radius 1 is 0.911 bits per heavy atom. The molecule has 1 aliphatic carbocycles. The van der Waals surface area contributed by atoms with Crippen LogP contribution in [0.2, 0.25) is 0 Å². The summed E-state index contributed by atoms with van der Waals surface area (Å²) in [7, 11) is 1.96. The van der Waals surface area contributed by atoms with Gasteiger partial charge >= 0.3 is 6.03 Å². The highest BCUT2D eigenvalue weighted by Gasteiger charge is 2.43. The van der Waals surface area contributed by atoms with Gasteiger partial charge in [-0.2, -0.15) is 0 Å². The lowest BCUT2D eigenvalue weighted by Crippen LogP contribution is -2.61. The number of primary amides is 1. The minimum Gasteiger partial charge on any atom is -0.363 e. The average Bonchev–Trinajstić information content (AvgIpc) is 3.42. The molecule has 4 atom stereocenters. The van der Waals surface area contributed by atoms with Crippen molar-refractivity contribution in [3.05, 3.63) is 0 Å². The van der Waals surface area contributed by atoms with Crippen LogP contribution in [0.5, 0.6) is 0 Å². The highest BCUT2D eigenvalue weighted by atomic mass is 32.2. The Labute approximate surface area is 277 Å². The third kappa shape index (κ3) is 14.3. The largest absolute Gasteiger partial charge is 0.363 e. The number of likely N-dealkylation sites (N-methyl/N-ethyl adjacent to an activating group) is 1. The lowest BCUT2D eigenvalue weighted by molar-refractivity contribution is -0.143. The van der Waals surface area contributed by atoms with Gasteiger partial charge in [0.2, 0.25) is 17.6 Å². The summed E-state index contributed by atoms with van der Waals surface area (Å²) >= 11 is 1.57. The molecule has 1 heterocycles. The number of urea groups is 1. The van der Waals surface area contributed by atoms with E-state index >= 15 is 0 Å². The van der Waals surface area contributed by atoms with Gasteiger partial charge in [-0.25, -0.2) is 4.79 Å². The van der Waals surface area contributed by atoms with E-state index in [1.807, 2.05) is 73.0 Å². The lowest BCUT2D eigenvalue weighted by Gasteiger charge is -2.38. The Bertz CT molecular complexity index is 960. The number of amides is 5. The molecule has 2 rings (SSSR count). The first-order valence-electron chi connectivity index (χ1n) is 16.6. The first kappa shape index (κ1) is 42.7. The maximum atomic E-state index is 13.9. The van der Waals surface area contributed by atoms with Crippen molar-refractivity contribution in [3.63, 3.8) is 0 Å². The number of likely N-dealkylation sites (tertiary alicyclic amines) is 1. The van der Waals surface area contributed by atoms with Crippen LogP contribution in [0.3, 0.4) is 0 Å². The van der Waals surface area contributed by atoms with Crippen molar-refractivity contribution < 1.29 is 24.0 Å². The number of hydrogen-bond donors (Lipinski definition) is 4. The summed E-state index contributed by atoms with van der Waals surface area (Å²) in [6, 6.07) is -3.32. The first-order chi connectivity index (χ1) is 20.9. The average molecular weight is 657 g/mol. The van der Waals surface area contributed by atoms with Crippen LogP contribution in [0, 0.1) is 16.7 Å². The fraction of sp³-hybridized carbons (Fsp3) is 0.848. The summed E-state index contributed by atoms with van der Waals surface area (Å²) in [5.74, 6) is -2.47. The van der Waals surface area contributed by atoms with Crippen LogP contribution in [-0.4, -0.2) is 89.3 Å². The third-order valence-corrected chi connectivity index (χ3v) is 8.77. The van der Waals surface area contributed by atoms with E-state index in [0.717, 1.165) is 19.3 Å². The monoisotopic (exact) mass is 656 g/mol. The van der Waals surface area contributed by atoms with Gasteiger partial charge in [0.25, 0.3) is 5.91 Å². The summed E-state index contributed by atoms with van der Waals surface area (Å²) in [4.78, 5) is 66.0. The molecule has 1 saturated carbocycles. The molecular weight excluding hydrogens is 592 g/mol. The number of Topliss-reactive ketones (excluding diaryl/α,β-unsaturated/α-hetero) is 1. The molecule has 2 aliphatic rings. The highest BCUT2D eigenvalue weighted by molar-refractivity contribution is 7.96. The maximum absolute atomic E-state index is 13.9. The normalized spacial score (nSPS) is 18.6. The van der Waals surface area contributed by atoms with Crippen molar-refractivity contribution in [1.82, 2.24) is 25.2 Å². The quantitative estimate of drug-likeness (QED) is 0.178. The predicted octanol–water partition coefficient (Wildman–Crippen LogP) is 4.49. The minimum atomic E-state index is -1.08. The molecule has 5 amide bonds. The number of rotatable bonds is 12. The molecule has 11 nitrogen and oxygen atoms in total. The third-order valence-electron chi connectivity index (χ3n) is 8.00. The van der Waals surface area contributed by atoms with Crippen LogP contribution < -0.4 is 21.7 Å². The summed E-state index contributed by atoms with van der Waals surface area (Å²) in [6.07, 6.45) is 7.55. The van der Waals surface area contributed by atoms with Crippen LogP contribution in [0.25, 0.3) is 0 Å². The minimum absolute atomic E-state index is 0.179. The highest BCUT2D eigenvalue weighted by Crippen LogP contribution is 2.31. The van der Waals surface area contributed by atoms with Crippen LogP contribution in [0.15, 0.2) is 0 Å². The van der Waals surface area contributed by atoms with E-state index in [1.165, 1.54) is 11.3 Å². The Hall–Kier alpha value is -2.34. The predicted molar refractivity (Wildman–Crippen MR) is 184 cm³/mol. The summed E-state index contributed by atoms with van der Waals surface area (Å²) < 4.78 is 2.04. The summed E-state index contributed by atoms with van der Waals surface area (Å²) in [5.41, 5.74) is 4.39. The number of carbonyl (C=O) groups is 5. The Morgan fingerprint density at radius 2 is 1.47 bits per heavy atom. The van der Waals surface area contributed by atoms with Gasteiger partial charge in [-0.3, -0.25) is 23.5 Å². The topological polar surface area (TPSA) is 154 Å². The molecule has 1 saturated heterocycles. The van der Waals surface area contributed by atoms with Crippen molar-refractivity contribution in [1.29, 1.82) is 0 Å². The Kier molecular flexibility index (Phi) is 19.0. The number of nitrogens with two attached hydrogens (primary N) is 1. The fourth-order valence-corrected chi connectivity index (χ4v) is 5.35. The molecule has 0 radical (unpaired) electrons. The number of hydrogen-bond acceptors (Lipinski definition) is 7. The molecule has 0 aromatic rings. The zero-order valence-corrected chi connectivity index (χ0v) is 31.0. The van der Waals surface area contributed by atoms with Crippen molar-refractivity contribution >= 4 is 41.5 Å². The second-order valence-electron chi connectivity index (χ2n) is 14.0. The molecule has 262 valence electrons. The molecule has 0 aromatic carbocycles. The fourth-order valence-electron chi connectivity index (χ4n) is 5.05. The van der Waals surface area contributed by atoms with E-state index in [1.54, 1.807) is 11.9 Å². The Balaban J connectivity index is 0.00000364. The van der Waals surface area contributed by atoms with Crippen molar-refractivity contribution in [2.75, 3.05) is 26.4 Å². The van der Waals surface area contributed by atoms with Gasteiger partial charge < -0.3 is 26.6 Å². The standard InChI is InChI=1S/C28H50N6O5S.C3H8.C2H6/c1-27(2,3)20(16-33(7)40-8)31-26(39)32-22(28(4,5)6)25(38)34-14-10-13-19(34)24(37)30-18(21(35)23(29)36)15-17-11-9-12-17;1-3-2;1-2/h17-20,22H,9-16H2,1-8H3,(H2,29,36)(H,30,37)(H2,31,32,39);3H2,1-2H3;1-2H3. The van der Waals surface area contributed by atoms with Gasteiger partial charge in [-0.1, -0.05) is 107 Å². The number of ketones is 1. The smallest absolute Gasteiger partial charge is 0.315 e. The van der Waals surface area contributed by atoms with Crippen LogP contribution in [0.4, 0.5) is 4.79 Å². The van der Waals surface area contributed by atoms with Crippen LogP contribution in [0.1, 0.15) is 114 Å². The molecule has 5 N–H and O–H groups in total. The molecule has 45 heavy (non-hydrogen) atoms. The zero-order chi connectivity index (χ0) is 35.1. The molecule has 0 aromatic heterocycles. The molecule has 0 spiro atoms. The maximum Gasteiger partial charge on any atom is 0.315 e. The van der Waals surface area contributed by atoms with E-state index in [0.29, 0.717) is 32.4 Å². The molecule has 4 unspecified atom stereocenters. The summed E-state index contributed by atoms with van der Waals surface area (Å²) in [6.45, 7) is 21.0. The number of carbonyl (C=O) groups excluding carboxylic acids is 5. The second kappa shape index (κ2) is 20.0. The van der Waals surface area contributed by atoms with E-state index < -0.39 is 47.2 Å². The molecule has 1 aliphatic heterocycles. The van der Waals surface area contributed by atoms with Crippen molar-refractivity contribution in [2.45, 2.75) is 138 Å². The van der Waals surface area contributed by atoms with Crippen molar-refractivity contribution in [2.24, 2.45) is 22.5 Å².